The normalized spacial score (nSPS) is 24.5. The van der Waals surface area contributed by atoms with Gasteiger partial charge in [0.15, 0.2) is 5.96 Å². The number of aryl methyl sites for hydroxylation is 1. The summed E-state index contributed by atoms with van der Waals surface area (Å²) in [5.74, 6) is 1.37. The number of morpholine rings is 1. The summed E-state index contributed by atoms with van der Waals surface area (Å²) in [5, 5.41) is 7.75. The van der Waals surface area contributed by atoms with Crippen LogP contribution in [0.1, 0.15) is 36.7 Å². The number of ether oxygens (including phenoxy) is 2. The Morgan fingerprint density at radius 2 is 2.03 bits per heavy atom. The number of guanidine groups is 1. The van der Waals surface area contributed by atoms with E-state index in [9.17, 15) is 0 Å². The molecular weight excluding hydrogens is 493 g/mol. The summed E-state index contributed by atoms with van der Waals surface area (Å²) in [5.41, 5.74) is 2.36. The number of aliphatic imine (C=N–C) groups is 1. The van der Waals surface area contributed by atoms with Crippen molar-refractivity contribution in [3.8, 4) is 0 Å². The first-order valence-corrected chi connectivity index (χ1v) is 10.5. The molecule has 3 unspecified atom stereocenters. The first kappa shape index (κ1) is 23.0. The van der Waals surface area contributed by atoms with Crippen LogP contribution in [0.2, 0.25) is 0 Å². The monoisotopic (exact) mass is 525 g/mol. The van der Waals surface area contributed by atoms with E-state index in [2.05, 4.69) is 46.5 Å². The largest absolute Gasteiger partial charge is 0.373 e. The van der Waals surface area contributed by atoms with Crippen LogP contribution < -0.4 is 5.32 Å². The predicted molar refractivity (Wildman–Crippen MR) is 128 cm³/mol. The Kier molecular flexibility index (Phi) is 8.52. The van der Waals surface area contributed by atoms with E-state index in [1.165, 1.54) is 5.56 Å². The molecule has 3 heterocycles. The number of halogens is 1. The second kappa shape index (κ2) is 11.1. The summed E-state index contributed by atoms with van der Waals surface area (Å²) < 4.78 is 13.8. The lowest BCUT2D eigenvalue weighted by Gasteiger charge is -2.35. The van der Waals surface area contributed by atoms with Crippen LogP contribution in [-0.2, 0) is 16.5 Å². The SMILES string of the molecule is CCNC(=NCC1CCOC1c1ccccc1)N1CCOC(c2cnn(C)c2)C1.I. The van der Waals surface area contributed by atoms with Gasteiger partial charge in [-0.1, -0.05) is 30.3 Å². The van der Waals surface area contributed by atoms with Crippen LogP contribution in [-0.4, -0.2) is 60.0 Å². The Bertz CT molecular complexity index is 813. The van der Waals surface area contributed by atoms with Crippen LogP contribution in [0.15, 0.2) is 47.7 Å². The highest BCUT2D eigenvalue weighted by atomic mass is 127. The van der Waals surface area contributed by atoms with Gasteiger partial charge in [-0.15, -0.1) is 24.0 Å². The van der Waals surface area contributed by atoms with E-state index >= 15 is 0 Å². The minimum absolute atomic E-state index is 0. The number of nitrogens with zero attached hydrogens (tertiary/aromatic N) is 4. The van der Waals surface area contributed by atoms with E-state index in [0.717, 1.165) is 50.7 Å². The van der Waals surface area contributed by atoms with Gasteiger partial charge in [-0.2, -0.15) is 5.10 Å². The van der Waals surface area contributed by atoms with Crippen LogP contribution >= 0.6 is 24.0 Å². The summed E-state index contributed by atoms with van der Waals surface area (Å²) in [7, 11) is 1.93. The standard InChI is InChI=1S/C22H31N5O2.HI/c1-3-23-22(27-10-12-28-20(16-27)19-14-25-26(2)15-19)24-13-18-9-11-29-21(18)17-7-5-4-6-8-17;/h4-8,14-15,18,20-21H,3,9-13,16H2,1-2H3,(H,23,24);1H. The van der Waals surface area contributed by atoms with E-state index in [4.69, 9.17) is 14.5 Å². The van der Waals surface area contributed by atoms with Crippen LogP contribution in [0.25, 0.3) is 0 Å². The second-order valence-corrected chi connectivity index (χ2v) is 7.70. The van der Waals surface area contributed by atoms with Gasteiger partial charge in [-0.25, -0.2) is 0 Å². The minimum atomic E-state index is 0. The van der Waals surface area contributed by atoms with Crippen molar-refractivity contribution in [1.82, 2.24) is 20.0 Å². The maximum atomic E-state index is 6.03. The zero-order chi connectivity index (χ0) is 20.1. The van der Waals surface area contributed by atoms with Gasteiger partial charge in [-0.05, 0) is 18.9 Å². The number of aromatic nitrogens is 2. The maximum Gasteiger partial charge on any atom is 0.194 e. The number of nitrogens with one attached hydrogen (secondary N) is 1. The Hall–Kier alpha value is -1.65. The van der Waals surface area contributed by atoms with E-state index in [1.54, 1.807) is 0 Å². The van der Waals surface area contributed by atoms with E-state index in [-0.39, 0.29) is 36.2 Å². The molecule has 2 aliphatic heterocycles. The van der Waals surface area contributed by atoms with Crippen LogP contribution in [0, 0.1) is 5.92 Å². The molecule has 2 aliphatic rings. The fraction of sp³-hybridized carbons (Fsp3) is 0.545. The smallest absolute Gasteiger partial charge is 0.194 e. The van der Waals surface area contributed by atoms with Gasteiger partial charge in [0.2, 0.25) is 0 Å². The van der Waals surface area contributed by atoms with E-state index in [1.807, 2.05) is 30.2 Å². The summed E-state index contributed by atoms with van der Waals surface area (Å²) in [6, 6.07) is 10.5. The highest BCUT2D eigenvalue weighted by Crippen LogP contribution is 2.34. The van der Waals surface area contributed by atoms with Gasteiger partial charge in [0.25, 0.3) is 0 Å². The fourth-order valence-electron chi connectivity index (χ4n) is 4.11. The van der Waals surface area contributed by atoms with Crippen LogP contribution in [0.5, 0.6) is 0 Å². The molecule has 0 bridgehead atoms. The molecule has 3 atom stereocenters. The molecule has 2 fully saturated rings. The van der Waals surface area contributed by atoms with Crippen molar-refractivity contribution in [2.45, 2.75) is 25.6 Å². The van der Waals surface area contributed by atoms with Gasteiger partial charge in [-0.3, -0.25) is 9.67 Å². The lowest BCUT2D eigenvalue weighted by Crippen LogP contribution is -2.48. The average Bonchev–Trinajstić information content (AvgIpc) is 3.41. The van der Waals surface area contributed by atoms with Gasteiger partial charge in [0.1, 0.15) is 6.10 Å². The number of rotatable bonds is 5. The first-order chi connectivity index (χ1) is 14.2. The topological polar surface area (TPSA) is 63.9 Å². The molecular formula is C22H32IN5O2. The number of hydrogen-bond acceptors (Lipinski definition) is 4. The molecule has 2 saturated heterocycles. The predicted octanol–water partition coefficient (Wildman–Crippen LogP) is 3.15. The van der Waals surface area contributed by atoms with Gasteiger partial charge in [0.05, 0.1) is 25.5 Å². The molecule has 1 aromatic heterocycles. The lowest BCUT2D eigenvalue weighted by molar-refractivity contribution is -0.00809. The molecule has 30 heavy (non-hydrogen) atoms. The molecule has 0 spiro atoms. The number of benzene rings is 1. The van der Waals surface area contributed by atoms with Gasteiger partial charge in [0, 0.05) is 51.0 Å². The molecule has 1 aromatic carbocycles. The Morgan fingerprint density at radius 1 is 1.20 bits per heavy atom. The van der Waals surface area contributed by atoms with Crippen LogP contribution in [0.3, 0.4) is 0 Å². The third-order valence-electron chi connectivity index (χ3n) is 5.62. The lowest BCUT2D eigenvalue weighted by atomic mass is 9.95. The van der Waals surface area contributed by atoms with E-state index < -0.39 is 0 Å². The zero-order valence-corrected chi connectivity index (χ0v) is 20.1. The first-order valence-electron chi connectivity index (χ1n) is 10.5. The molecule has 4 rings (SSSR count). The molecule has 8 heteroatoms. The van der Waals surface area contributed by atoms with Crippen molar-refractivity contribution in [3.05, 3.63) is 53.9 Å². The van der Waals surface area contributed by atoms with Crippen molar-refractivity contribution in [2.24, 2.45) is 18.0 Å². The van der Waals surface area contributed by atoms with E-state index in [0.29, 0.717) is 12.5 Å². The molecule has 0 aliphatic carbocycles. The van der Waals surface area contributed by atoms with Gasteiger partial charge >= 0.3 is 0 Å². The van der Waals surface area contributed by atoms with Crippen LogP contribution in [0.4, 0.5) is 0 Å². The van der Waals surface area contributed by atoms with Crippen molar-refractivity contribution < 1.29 is 9.47 Å². The fourth-order valence-corrected chi connectivity index (χ4v) is 4.11. The summed E-state index contributed by atoms with van der Waals surface area (Å²) in [6.07, 6.45) is 5.12. The molecule has 0 radical (unpaired) electrons. The highest BCUT2D eigenvalue weighted by molar-refractivity contribution is 14.0. The quantitative estimate of drug-likeness (QED) is 0.369. The number of hydrogen-bond donors (Lipinski definition) is 1. The summed E-state index contributed by atoms with van der Waals surface area (Å²) in [4.78, 5) is 7.31. The Labute approximate surface area is 195 Å². The van der Waals surface area contributed by atoms with Crippen molar-refractivity contribution >= 4 is 29.9 Å². The minimum Gasteiger partial charge on any atom is -0.373 e. The second-order valence-electron chi connectivity index (χ2n) is 7.70. The highest BCUT2D eigenvalue weighted by Gasteiger charge is 2.30. The molecule has 0 amide bonds. The molecule has 1 N–H and O–H groups in total. The summed E-state index contributed by atoms with van der Waals surface area (Å²) >= 11 is 0. The average molecular weight is 525 g/mol. The Morgan fingerprint density at radius 3 is 2.77 bits per heavy atom. The maximum absolute atomic E-state index is 6.03. The molecule has 2 aromatic rings. The molecule has 164 valence electrons. The van der Waals surface area contributed by atoms with Gasteiger partial charge < -0.3 is 19.7 Å². The third-order valence-corrected chi connectivity index (χ3v) is 5.62. The van der Waals surface area contributed by atoms with Crippen molar-refractivity contribution in [2.75, 3.05) is 39.4 Å². The van der Waals surface area contributed by atoms with Crippen molar-refractivity contribution in [3.63, 3.8) is 0 Å². The zero-order valence-electron chi connectivity index (χ0n) is 17.7. The van der Waals surface area contributed by atoms with Crippen molar-refractivity contribution in [1.29, 1.82) is 0 Å². The Balaban J connectivity index is 0.00000256. The summed E-state index contributed by atoms with van der Waals surface area (Å²) in [6.45, 7) is 6.82. The third kappa shape index (κ3) is 5.53. The molecule has 7 nitrogen and oxygen atoms in total. The molecule has 0 saturated carbocycles.